The Morgan fingerprint density at radius 3 is 2.45 bits per heavy atom. The predicted molar refractivity (Wildman–Crippen MR) is 72.6 cm³/mol. The lowest BCUT2D eigenvalue weighted by atomic mass is 9.87. The van der Waals surface area contributed by atoms with E-state index in [9.17, 15) is 14.4 Å². The van der Waals surface area contributed by atoms with Crippen LogP contribution in [-0.4, -0.2) is 47.4 Å². The normalized spacial score (nSPS) is 24.2. The highest BCUT2D eigenvalue weighted by molar-refractivity contribution is 6.07. The molecule has 2 rings (SSSR count). The number of hydrogen-bond donors (Lipinski definition) is 3. The van der Waals surface area contributed by atoms with Gasteiger partial charge < -0.3 is 16.0 Å². The molecule has 4 amide bonds. The quantitative estimate of drug-likeness (QED) is 0.610. The Bertz CT molecular complexity index is 429. The van der Waals surface area contributed by atoms with Crippen LogP contribution < -0.4 is 16.4 Å². The third-order valence-electron chi connectivity index (χ3n) is 4.49. The standard InChI is InChI=1S/C13H22N4O3/c1-3-8(2)9(14)10(18)17-6-4-13(5-7-17)11(19)15-12(20)16-13/h8-9H,3-7,14H2,1-2H3,(H2,15,16,19,20)/t8-,9-/m0/s1. The lowest BCUT2D eigenvalue weighted by Gasteiger charge is -2.38. The van der Waals surface area contributed by atoms with Gasteiger partial charge in [0.05, 0.1) is 6.04 Å². The van der Waals surface area contributed by atoms with Crippen LogP contribution in [-0.2, 0) is 9.59 Å². The van der Waals surface area contributed by atoms with Crippen molar-refractivity contribution >= 4 is 17.8 Å². The largest absolute Gasteiger partial charge is 0.341 e. The second-order valence-corrected chi connectivity index (χ2v) is 5.73. The molecular formula is C13H22N4O3. The number of urea groups is 1. The Labute approximate surface area is 118 Å². The first-order chi connectivity index (χ1) is 9.39. The number of hydrogen-bond acceptors (Lipinski definition) is 4. The second kappa shape index (κ2) is 5.40. The zero-order valence-corrected chi connectivity index (χ0v) is 11.9. The molecule has 0 aromatic rings. The number of carbonyl (C=O) groups is 3. The molecular weight excluding hydrogens is 260 g/mol. The zero-order chi connectivity index (χ0) is 14.9. The molecule has 7 nitrogen and oxygen atoms in total. The summed E-state index contributed by atoms with van der Waals surface area (Å²) in [5, 5.41) is 4.93. The Morgan fingerprint density at radius 2 is 2.00 bits per heavy atom. The van der Waals surface area contributed by atoms with Crippen LogP contribution in [0.5, 0.6) is 0 Å². The number of rotatable bonds is 3. The third-order valence-corrected chi connectivity index (χ3v) is 4.49. The first-order valence-corrected chi connectivity index (χ1v) is 7.07. The fourth-order valence-electron chi connectivity index (χ4n) is 2.70. The topological polar surface area (TPSA) is 105 Å². The predicted octanol–water partition coefficient (Wildman–Crippen LogP) is -0.440. The molecule has 20 heavy (non-hydrogen) atoms. The van der Waals surface area contributed by atoms with E-state index in [4.69, 9.17) is 5.73 Å². The number of nitrogens with one attached hydrogen (secondary N) is 2. The molecule has 0 unspecified atom stereocenters. The van der Waals surface area contributed by atoms with Gasteiger partial charge >= 0.3 is 6.03 Å². The molecule has 0 aromatic heterocycles. The molecule has 0 aliphatic carbocycles. The van der Waals surface area contributed by atoms with Crippen LogP contribution in [0.1, 0.15) is 33.1 Å². The van der Waals surface area contributed by atoms with Gasteiger partial charge in [-0.25, -0.2) is 4.79 Å². The van der Waals surface area contributed by atoms with E-state index in [0.717, 1.165) is 6.42 Å². The van der Waals surface area contributed by atoms with Gasteiger partial charge in [0.25, 0.3) is 5.91 Å². The molecule has 0 bridgehead atoms. The van der Waals surface area contributed by atoms with E-state index < -0.39 is 17.6 Å². The van der Waals surface area contributed by atoms with E-state index in [0.29, 0.717) is 25.9 Å². The van der Waals surface area contributed by atoms with Crippen molar-refractivity contribution in [3.05, 3.63) is 0 Å². The van der Waals surface area contributed by atoms with Gasteiger partial charge in [0.2, 0.25) is 5.91 Å². The van der Waals surface area contributed by atoms with Crippen molar-refractivity contribution in [2.24, 2.45) is 11.7 Å². The Hall–Kier alpha value is -1.63. The van der Waals surface area contributed by atoms with Crippen LogP contribution in [0.25, 0.3) is 0 Å². The van der Waals surface area contributed by atoms with Crippen LogP contribution in [0.4, 0.5) is 4.79 Å². The van der Waals surface area contributed by atoms with Crippen LogP contribution >= 0.6 is 0 Å². The number of imide groups is 1. The average Bonchev–Trinajstić information content (AvgIpc) is 2.71. The molecule has 2 aliphatic rings. The molecule has 112 valence electrons. The summed E-state index contributed by atoms with van der Waals surface area (Å²) in [5.74, 6) is -0.229. The molecule has 0 saturated carbocycles. The van der Waals surface area contributed by atoms with Crippen molar-refractivity contribution < 1.29 is 14.4 Å². The molecule has 7 heteroatoms. The second-order valence-electron chi connectivity index (χ2n) is 5.73. The minimum atomic E-state index is -0.839. The monoisotopic (exact) mass is 282 g/mol. The fourth-order valence-corrected chi connectivity index (χ4v) is 2.70. The average molecular weight is 282 g/mol. The first kappa shape index (κ1) is 14.8. The number of piperidine rings is 1. The third kappa shape index (κ3) is 2.49. The first-order valence-electron chi connectivity index (χ1n) is 7.07. The van der Waals surface area contributed by atoms with E-state index in [1.54, 1.807) is 4.90 Å². The van der Waals surface area contributed by atoms with E-state index in [1.807, 2.05) is 13.8 Å². The Morgan fingerprint density at radius 1 is 1.40 bits per heavy atom. The molecule has 0 radical (unpaired) electrons. The number of nitrogens with zero attached hydrogens (tertiary/aromatic N) is 1. The summed E-state index contributed by atoms with van der Waals surface area (Å²) in [4.78, 5) is 37.0. The highest BCUT2D eigenvalue weighted by Gasteiger charge is 2.48. The summed E-state index contributed by atoms with van der Waals surface area (Å²) in [6.07, 6.45) is 1.72. The van der Waals surface area contributed by atoms with Crippen LogP contribution in [0, 0.1) is 5.92 Å². The summed E-state index contributed by atoms with van der Waals surface area (Å²) in [6, 6.07) is -0.952. The minimum absolute atomic E-state index is 0.0704. The van der Waals surface area contributed by atoms with Crippen molar-refractivity contribution in [1.29, 1.82) is 0 Å². The van der Waals surface area contributed by atoms with E-state index in [1.165, 1.54) is 0 Å². The van der Waals surface area contributed by atoms with Gasteiger partial charge in [-0.15, -0.1) is 0 Å². The van der Waals surface area contributed by atoms with Crippen molar-refractivity contribution in [1.82, 2.24) is 15.5 Å². The maximum Gasteiger partial charge on any atom is 0.322 e. The molecule has 2 fully saturated rings. The maximum absolute atomic E-state index is 12.3. The highest BCUT2D eigenvalue weighted by atomic mass is 16.2. The summed E-state index contributed by atoms with van der Waals surface area (Å²) >= 11 is 0. The maximum atomic E-state index is 12.3. The van der Waals surface area contributed by atoms with Crippen molar-refractivity contribution in [2.75, 3.05) is 13.1 Å². The molecule has 2 aliphatic heterocycles. The van der Waals surface area contributed by atoms with Crippen LogP contribution in [0.3, 0.4) is 0 Å². The summed E-state index contributed by atoms with van der Waals surface area (Å²) < 4.78 is 0. The number of likely N-dealkylation sites (tertiary alicyclic amines) is 1. The van der Waals surface area contributed by atoms with Gasteiger partial charge in [-0.05, 0) is 18.8 Å². The van der Waals surface area contributed by atoms with Gasteiger partial charge in [0.15, 0.2) is 0 Å². The van der Waals surface area contributed by atoms with Crippen molar-refractivity contribution in [2.45, 2.75) is 44.7 Å². The number of amides is 4. The van der Waals surface area contributed by atoms with Crippen LogP contribution in [0.2, 0.25) is 0 Å². The molecule has 2 saturated heterocycles. The van der Waals surface area contributed by atoms with E-state index >= 15 is 0 Å². The Kier molecular flexibility index (Phi) is 3.99. The summed E-state index contributed by atoms with van der Waals surface area (Å²) in [6.45, 7) is 4.84. The van der Waals surface area contributed by atoms with Gasteiger partial charge in [-0.2, -0.15) is 0 Å². The van der Waals surface area contributed by atoms with Gasteiger partial charge in [-0.1, -0.05) is 20.3 Å². The van der Waals surface area contributed by atoms with Crippen LogP contribution in [0.15, 0.2) is 0 Å². The molecule has 2 atom stereocenters. The van der Waals surface area contributed by atoms with Crippen molar-refractivity contribution in [3.8, 4) is 0 Å². The highest BCUT2D eigenvalue weighted by Crippen LogP contribution is 2.26. The molecule has 4 N–H and O–H groups in total. The molecule has 2 heterocycles. The van der Waals surface area contributed by atoms with Crippen molar-refractivity contribution in [3.63, 3.8) is 0 Å². The van der Waals surface area contributed by atoms with E-state index in [2.05, 4.69) is 10.6 Å². The zero-order valence-electron chi connectivity index (χ0n) is 11.9. The minimum Gasteiger partial charge on any atom is -0.341 e. The number of nitrogens with two attached hydrogens (primary N) is 1. The molecule has 1 spiro atoms. The fraction of sp³-hybridized carbons (Fsp3) is 0.769. The van der Waals surface area contributed by atoms with E-state index in [-0.39, 0.29) is 17.7 Å². The summed E-state index contributed by atoms with van der Waals surface area (Å²) in [5.41, 5.74) is 5.12. The Balaban J connectivity index is 1.96. The van der Waals surface area contributed by atoms with Gasteiger partial charge in [0.1, 0.15) is 5.54 Å². The number of carbonyl (C=O) groups excluding carboxylic acids is 3. The summed E-state index contributed by atoms with van der Waals surface area (Å²) in [7, 11) is 0. The van der Waals surface area contributed by atoms with Gasteiger partial charge in [0, 0.05) is 13.1 Å². The lowest BCUT2D eigenvalue weighted by molar-refractivity contribution is -0.137. The van der Waals surface area contributed by atoms with Gasteiger partial charge in [-0.3, -0.25) is 14.9 Å². The lowest BCUT2D eigenvalue weighted by Crippen LogP contribution is -2.58. The smallest absolute Gasteiger partial charge is 0.322 e. The molecule has 0 aromatic carbocycles. The SMILES string of the molecule is CC[C@H](C)[C@H](N)C(=O)N1CCC2(CC1)NC(=O)NC2=O.